The first-order valence-corrected chi connectivity index (χ1v) is 4.83. The van der Waals surface area contributed by atoms with E-state index in [9.17, 15) is 0 Å². The molecule has 5 heteroatoms. The van der Waals surface area contributed by atoms with Crippen molar-refractivity contribution in [1.29, 1.82) is 0 Å². The Morgan fingerprint density at radius 2 is 2.38 bits per heavy atom. The summed E-state index contributed by atoms with van der Waals surface area (Å²) in [5, 5.41) is 0. The highest BCUT2D eigenvalue weighted by atomic mass is 16.5. The van der Waals surface area contributed by atoms with Gasteiger partial charge in [0, 0.05) is 6.20 Å². The van der Waals surface area contributed by atoms with Crippen molar-refractivity contribution >= 4 is 0 Å². The van der Waals surface area contributed by atoms with Crippen LogP contribution in [-0.4, -0.2) is 12.1 Å². The zero-order valence-electron chi connectivity index (χ0n) is 8.88. The molecule has 0 fully saturated rings. The maximum absolute atomic E-state index is 5.51. The molecule has 2 heterocycles. The number of pyridine rings is 1. The van der Waals surface area contributed by atoms with E-state index in [0.717, 1.165) is 11.3 Å². The minimum atomic E-state index is -0.224. The Morgan fingerprint density at radius 1 is 1.50 bits per heavy atom. The lowest BCUT2D eigenvalue weighted by molar-refractivity contribution is 0.409. The lowest BCUT2D eigenvalue weighted by Gasteiger charge is -2.13. The number of nitrogens with one attached hydrogen (secondary N) is 1. The van der Waals surface area contributed by atoms with Gasteiger partial charge >= 0.3 is 0 Å². The summed E-state index contributed by atoms with van der Waals surface area (Å²) in [5.41, 5.74) is 3.57. The Kier molecular flexibility index (Phi) is 3.19. The Morgan fingerprint density at radius 3 is 3.00 bits per heavy atom. The van der Waals surface area contributed by atoms with E-state index < -0.39 is 0 Å². The summed E-state index contributed by atoms with van der Waals surface area (Å²) in [7, 11) is 1.60. The van der Waals surface area contributed by atoms with Crippen LogP contribution in [0.15, 0.2) is 41.3 Å². The number of hydrogen-bond acceptors (Lipinski definition) is 5. The molecule has 5 nitrogen and oxygen atoms in total. The summed E-state index contributed by atoms with van der Waals surface area (Å²) in [5.74, 6) is 6.93. The molecule has 16 heavy (non-hydrogen) atoms. The first kappa shape index (κ1) is 10.7. The van der Waals surface area contributed by atoms with Gasteiger partial charge < -0.3 is 9.15 Å². The molecule has 0 aliphatic carbocycles. The van der Waals surface area contributed by atoms with Gasteiger partial charge in [0.25, 0.3) is 0 Å². The van der Waals surface area contributed by atoms with Crippen molar-refractivity contribution in [3.05, 3.63) is 48.2 Å². The summed E-state index contributed by atoms with van der Waals surface area (Å²) in [6.07, 6.45) is 4.96. The molecule has 0 saturated heterocycles. The molecule has 1 atom stereocenters. The smallest absolute Gasteiger partial charge is 0.137 e. The fourth-order valence-electron chi connectivity index (χ4n) is 1.50. The van der Waals surface area contributed by atoms with Crippen LogP contribution in [0, 0.1) is 0 Å². The van der Waals surface area contributed by atoms with E-state index >= 15 is 0 Å². The van der Waals surface area contributed by atoms with Crippen LogP contribution < -0.4 is 16.0 Å². The minimum Gasteiger partial charge on any atom is -0.495 e. The number of ether oxygens (including phenoxy) is 1. The van der Waals surface area contributed by atoms with Gasteiger partial charge in [-0.1, -0.05) is 0 Å². The van der Waals surface area contributed by atoms with Gasteiger partial charge in [0.05, 0.1) is 19.6 Å². The summed E-state index contributed by atoms with van der Waals surface area (Å²) in [6.45, 7) is 0. The third kappa shape index (κ3) is 2.05. The molecule has 2 aromatic rings. The Hall–Kier alpha value is -1.85. The third-order valence-electron chi connectivity index (χ3n) is 2.30. The van der Waals surface area contributed by atoms with E-state index in [4.69, 9.17) is 15.0 Å². The molecule has 0 saturated carbocycles. The summed E-state index contributed by atoms with van der Waals surface area (Å²) >= 11 is 0. The van der Waals surface area contributed by atoms with E-state index in [0.29, 0.717) is 5.75 Å². The van der Waals surface area contributed by atoms with Crippen molar-refractivity contribution in [2.75, 3.05) is 7.11 Å². The van der Waals surface area contributed by atoms with Gasteiger partial charge in [0.2, 0.25) is 0 Å². The highest BCUT2D eigenvalue weighted by Crippen LogP contribution is 2.23. The van der Waals surface area contributed by atoms with Gasteiger partial charge in [0.15, 0.2) is 0 Å². The van der Waals surface area contributed by atoms with Crippen molar-refractivity contribution < 1.29 is 9.15 Å². The molecule has 0 bridgehead atoms. The molecule has 2 rings (SSSR count). The van der Waals surface area contributed by atoms with Crippen molar-refractivity contribution in [2.24, 2.45) is 5.84 Å². The molecule has 2 aromatic heterocycles. The second-order valence-electron chi connectivity index (χ2n) is 3.27. The van der Waals surface area contributed by atoms with Crippen LogP contribution in [-0.2, 0) is 0 Å². The number of hydrazine groups is 1. The predicted molar refractivity (Wildman–Crippen MR) is 58.7 cm³/mol. The second kappa shape index (κ2) is 4.78. The minimum absolute atomic E-state index is 0.224. The van der Waals surface area contributed by atoms with E-state index in [2.05, 4.69) is 10.4 Å². The molecule has 1 unspecified atom stereocenters. The van der Waals surface area contributed by atoms with Gasteiger partial charge in [0.1, 0.15) is 17.6 Å². The van der Waals surface area contributed by atoms with Gasteiger partial charge in [-0.15, -0.1) is 0 Å². The predicted octanol–water partition coefficient (Wildman–Crippen LogP) is 1.24. The van der Waals surface area contributed by atoms with Crippen LogP contribution in [0.25, 0.3) is 0 Å². The summed E-state index contributed by atoms with van der Waals surface area (Å²) in [4.78, 5) is 4.07. The normalized spacial score (nSPS) is 12.4. The van der Waals surface area contributed by atoms with Crippen molar-refractivity contribution in [3.8, 4) is 5.75 Å². The van der Waals surface area contributed by atoms with Crippen LogP contribution in [0.4, 0.5) is 0 Å². The third-order valence-corrected chi connectivity index (χ3v) is 2.30. The SMILES string of the molecule is COc1cncc(C(NN)c2ccco2)c1. The number of nitrogens with zero attached hydrogens (tertiary/aromatic N) is 1. The number of methoxy groups -OCH3 is 1. The van der Waals surface area contributed by atoms with Gasteiger partial charge in [-0.05, 0) is 23.8 Å². The van der Waals surface area contributed by atoms with Crippen LogP contribution in [0.1, 0.15) is 17.4 Å². The quantitative estimate of drug-likeness (QED) is 0.597. The number of furan rings is 1. The molecule has 0 aliphatic heterocycles. The molecular weight excluding hydrogens is 206 g/mol. The lowest BCUT2D eigenvalue weighted by Crippen LogP contribution is -2.28. The summed E-state index contributed by atoms with van der Waals surface area (Å²) in [6, 6.07) is 5.30. The maximum Gasteiger partial charge on any atom is 0.137 e. The number of aromatic nitrogens is 1. The van der Waals surface area contributed by atoms with E-state index in [-0.39, 0.29) is 6.04 Å². The zero-order chi connectivity index (χ0) is 11.4. The van der Waals surface area contributed by atoms with Crippen LogP contribution >= 0.6 is 0 Å². The highest BCUT2D eigenvalue weighted by molar-refractivity contribution is 5.30. The number of nitrogens with two attached hydrogens (primary N) is 1. The average Bonchev–Trinajstić information content (AvgIpc) is 2.84. The molecule has 0 amide bonds. The first-order chi connectivity index (χ1) is 7.85. The van der Waals surface area contributed by atoms with Gasteiger partial charge in [-0.3, -0.25) is 10.8 Å². The maximum atomic E-state index is 5.51. The molecule has 3 N–H and O–H groups in total. The van der Waals surface area contributed by atoms with Crippen molar-refractivity contribution in [3.63, 3.8) is 0 Å². The molecule has 0 aliphatic rings. The Labute approximate surface area is 93.2 Å². The van der Waals surface area contributed by atoms with E-state index in [1.807, 2.05) is 18.2 Å². The van der Waals surface area contributed by atoms with E-state index in [1.165, 1.54) is 0 Å². The first-order valence-electron chi connectivity index (χ1n) is 4.83. The lowest BCUT2D eigenvalue weighted by atomic mass is 10.1. The standard InChI is InChI=1S/C11H13N3O2/c1-15-9-5-8(6-13-7-9)11(14-12)10-3-2-4-16-10/h2-7,11,14H,12H2,1H3. The topological polar surface area (TPSA) is 73.3 Å². The fraction of sp³-hybridized carbons (Fsp3) is 0.182. The summed E-state index contributed by atoms with van der Waals surface area (Å²) < 4.78 is 10.4. The van der Waals surface area contributed by atoms with Crippen LogP contribution in [0.2, 0.25) is 0 Å². The second-order valence-corrected chi connectivity index (χ2v) is 3.27. The highest BCUT2D eigenvalue weighted by Gasteiger charge is 2.15. The zero-order valence-corrected chi connectivity index (χ0v) is 8.88. The Bertz CT molecular complexity index is 442. The van der Waals surface area contributed by atoms with Gasteiger partial charge in [-0.25, -0.2) is 5.43 Å². The van der Waals surface area contributed by atoms with Gasteiger partial charge in [-0.2, -0.15) is 0 Å². The largest absolute Gasteiger partial charge is 0.495 e. The molecule has 0 radical (unpaired) electrons. The van der Waals surface area contributed by atoms with E-state index in [1.54, 1.807) is 25.8 Å². The molecule has 84 valence electrons. The monoisotopic (exact) mass is 219 g/mol. The van der Waals surface area contributed by atoms with Crippen LogP contribution in [0.3, 0.4) is 0 Å². The molecule has 0 spiro atoms. The molecular formula is C11H13N3O2. The number of hydrogen-bond donors (Lipinski definition) is 2. The fourth-order valence-corrected chi connectivity index (χ4v) is 1.50. The van der Waals surface area contributed by atoms with Crippen molar-refractivity contribution in [2.45, 2.75) is 6.04 Å². The Balaban J connectivity index is 2.33. The van der Waals surface area contributed by atoms with Crippen molar-refractivity contribution in [1.82, 2.24) is 10.4 Å². The average molecular weight is 219 g/mol. The van der Waals surface area contributed by atoms with Crippen LogP contribution in [0.5, 0.6) is 5.75 Å². The number of rotatable bonds is 4. The molecule has 0 aromatic carbocycles.